The molecule has 2 fully saturated rings. The van der Waals surface area contributed by atoms with E-state index in [0.717, 1.165) is 24.0 Å². The number of nitro groups is 1. The monoisotopic (exact) mass is 374 g/mol. The van der Waals surface area contributed by atoms with Crippen molar-refractivity contribution in [2.24, 2.45) is 23.7 Å². The van der Waals surface area contributed by atoms with Crippen molar-refractivity contribution in [1.82, 2.24) is 0 Å². The molecule has 6 heteroatoms. The molecule has 1 saturated heterocycles. The summed E-state index contributed by atoms with van der Waals surface area (Å²) in [5.74, 6) is -0.253. The summed E-state index contributed by atoms with van der Waals surface area (Å²) in [7, 11) is 0. The number of nitro benzene ring substituents is 1. The molecule has 6 rings (SSSR count). The SMILES string of the molecule is O=C1[C@@H]2[C@@H](C(=O)N1c1ccc(-c3ccc([N+](=O)[O-])cc3)cc1)[C@H]1C=C[C@H]2CC1. The molecule has 0 N–H and O–H groups in total. The smallest absolute Gasteiger partial charge is 0.269 e. The normalized spacial score (nSPS) is 27.9. The Labute approximate surface area is 161 Å². The summed E-state index contributed by atoms with van der Waals surface area (Å²) in [4.78, 5) is 37.7. The van der Waals surface area contributed by atoms with Crippen LogP contribution in [0, 0.1) is 33.8 Å². The van der Waals surface area contributed by atoms with Gasteiger partial charge in [-0.2, -0.15) is 0 Å². The van der Waals surface area contributed by atoms with Gasteiger partial charge in [0.25, 0.3) is 5.69 Å². The van der Waals surface area contributed by atoms with Crippen LogP contribution in [0.15, 0.2) is 60.7 Å². The van der Waals surface area contributed by atoms with E-state index in [0.29, 0.717) is 5.69 Å². The number of carbonyl (C=O) groups excluding carboxylic acids is 2. The number of hydrogen-bond acceptors (Lipinski definition) is 4. The molecule has 2 bridgehead atoms. The van der Waals surface area contributed by atoms with Gasteiger partial charge in [0.2, 0.25) is 11.8 Å². The fraction of sp³-hybridized carbons (Fsp3) is 0.273. The van der Waals surface area contributed by atoms with Crippen LogP contribution in [0.1, 0.15) is 12.8 Å². The third-order valence-corrected chi connectivity index (χ3v) is 6.30. The molecule has 140 valence electrons. The fourth-order valence-electron chi connectivity index (χ4n) is 4.91. The average Bonchev–Trinajstić information content (AvgIpc) is 3.02. The van der Waals surface area contributed by atoms with E-state index in [9.17, 15) is 19.7 Å². The number of anilines is 1. The average molecular weight is 374 g/mol. The Balaban J connectivity index is 1.42. The molecule has 4 atom stereocenters. The lowest BCUT2D eigenvalue weighted by molar-refractivity contribution is -0.384. The van der Waals surface area contributed by atoms with Crippen LogP contribution in [0.25, 0.3) is 11.1 Å². The van der Waals surface area contributed by atoms with Crippen LogP contribution in [-0.2, 0) is 9.59 Å². The number of benzene rings is 2. The van der Waals surface area contributed by atoms with Crippen molar-refractivity contribution in [1.29, 1.82) is 0 Å². The maximum atomic E-state index is 13.0. The highest BCUT2D eigenvalue weighted by molar-refractivity contribution is 6.22. The number of rotatable bonds is 3. The second-order valence-corrected chi connectivity index (χ2v) is 7.70. The van der Waals surface area contributed by atoms with Crippen molar-refractivity contribution in [3.05, 3.63) is 70.8 Å². The van der Waals surface area contributed by atoms with E-state index in [-0.39, 0.29) is 41.2 Å². The zero-order valence-electron chi connectivity index (χ0n) is 15.0. The first-order valence-corrected chi connectivity index (χ1v) is 9.45. The van der Waals surface area contributed by atoms with Crippen LogP contribution in [0.5, 0.6) is 0 Å². The highest BCUT2D eigenvalue weighted by atomic mass is 16.6. The van der Waals surface area contributed by atoms with Gasteiger partial charge in [-0.1, -0.05) is 24.3 Å². The Hall–Kier alpha value is -3.28. The van der Waals surface area contributed by atoms with Crippen molar-refractivity contribution in [3.8, 4) is 11.1 Å². The maximum absolute atomic E-state index is 13.0. The van der Waals surface area contributed by atoms with Crippen LogP contribution in [0.3, 0.4) is 0 Å². The van der Waals surface area contributed by atoms with Crippen molar-refractivity contribution < 1.29 is 14.5 Å². The number of carbonyl (C=O) groups is 2. The van der Waals surface area contributed by atoms with Crippen LogP contribution in [-0.4, -0.2) is 16.7 Å². The quantitative estimate of drug-likeness (QED) is 0.352. The summed E-state index contributed by atoms with van der Waals surface area (Å²) in [5.41, 5.74) is 2.35. The lowest BCUT2D eigenvalue weighted by atomic mass is 9.63. The van der Waals surface area contributed by atoms with Crippen molar-refractivity contribution >= 4 is 23.2 Å². The van der Waals surface area contributed by atoms with Crippen LogP contribution in [0.4, 0.5) is 11.4 Å². The van der Waals surface area contributed by atoms with Gasteiger partial charge in [-0.3, -0.25) is 24.6 Å². The number of hydrogen-bond donors (Lipinski definition) is 0. The van der Waals surface area contributed by atoms with E-state index in [2.05, 4.69) is 12.2 Å². The van der Waals surface area contributed by atoms with Crippen molar-refractivity contribution in [2.45, 2.75) is 12.8 Å². The Kier molecular flexibility index (Phi) is 3.69. The standard InChI is InChI=1S/C22H18N2O4/c25-21-19-15-1-2-16(4-3-15)20(19)22(26)23(21)17-9-5-13(6-10-17)14-7-11-18(12-8-14)24(27)28/h1-2,5-12,15-16,19-20H,3-4H2/t15-,16-,19-,20-/m0/s1. The van der Waals surface area contributed by atoms with Crippen molar-refractivity contribution in [2.75, 3.05) is 4.90 Å². The van der Waals surface area contributed by atoms with E-state index >= 15 is 0 Å². The number of nitrogens with zero attached hydrogens (tertiary/aromatic N) is 2. The molecule has 0 spiro atoms. The highest BCUT2D eigenvalue weighted by Crippen LogP contribution is 2.50. The van der Waals surface area contributed by atoms with Gasteiger partial charge >= 0.3 is 0 Å². The third kappa shape index (κ3) is 2.41. The van der Waals surface area contributed by atoms with E-state index in [4.69, 9.17) is 0 Å². The summed E-state index contributed by atoms with van der Waals surface area (Å²) in [5, 5.41) is 10.8. The lowest BCUT2D eigenvalue weighted by Crippen LogP contribution is -2.38. The minimum Gasteiger partial charge on any atom is -0.274 e. The Morgan fingerprint density at radius 1 is 0.786 bits per heavy atom. The maximum Gasteiger partial charge on any atom is 0.269 e. The number of allylic oxidation sites excluding steroid dienone is 2. The van der Waals surface area contributed by atoms with Gasteiger partial charge in [-0.15, -0.1) is 0 Å². The molecule has 2 aromatic carbocycles. The summed E-state index contributed by atoms with van der Waals surface area (Å²) in [6.07, 6.45) is 6.19. The van der Waals surface area contributed by atoms with Gasteiger partial charge in [-0.05, 0) is 60.1 Å². The molecule has 3 aliphatic carbocycles. The fourth-order valence-corrected chi connectivity index (χ4v) is 4.91. The second kappa shape index (κ2) is 6.12. The first-order valence-electron chi connectivity index (χ1n) is 9.45. The molecular formula is C22H18N2O4. The number of fused-ring (bicyclic) bond motifs is 1. The highest BCUT2D eigenvalue weighted by Gasteiger charge is 2.56. The molecule has 0 radical (unpaired) electrons. The summed E-state index contributed by atoms with van der Waals surface area (Å²) < 4.78 is 0. The Morgan fingerprint density at radius 2 is 1.25 bits per heavy atom. The molecule has 0 unspecified atom stereocenters. The predicted molar refractivity (Wildman–Crippen MR) is 103 cm³/mol. The first-order chi connectivity index (χ1) is 13.5. The second-order valence-electron chi connectivity index (χ2n) is 7.70. The molecular weight excluding hydrogens is 356 g/mol. The van der Waals surface area contributed by atoms with Gasteiger partial charge in [0.1, 0.15) is 0 Å². The van der Waals surface area contributed by atoms with Gasteiger partial charge in [0.15, 0.2) is 0 Å². The van der Waals surface area contributed by atoms with Crippen LogP contribution in [0.2, 0.25) is 0 Å². The van der Waals surface area contributed by atoms with E-state index in [1.807, 2.05) is 12.1 Å². The molecule has 1 aliphatic heterocycles. The lowest BCUT2D eigenvalue weighted by Gasteiger charge is -2.38. The molecule has 1 heterocycles. The number of imide groups is 1. The zero-order valence-corrected chi connectivity index (χ0v) is 15.0. The van der Waals surface area contributed by atoms with E-state index in [1.165, 1.54) is 17.0 Å². The van der Waals surface area contributed by atoms with Gasteiger partial charge in [-0.25, -0.2) is 0 Å². The Morgan fingerprint density at radius 3 is 1.68 bits per heavy atom. The number of non-ortho nitro benzene ring substituents is 1. The molecule has 0 aromatic heterocycles. The summed E-state index contributed by atoms with van der Waals surface area (Å²) >= 11 is 0. The van der Waals surface area contributed by atoms with Gasteiger partial charge < -0.3 is 0 Å². The summed E-state index contributed by atoms with van der Waals surface area (Å²) in [6, 6.07) is 13.5. The van der Waals surface area contributed by atoms with Crippen molar-refractivity contribution in [3.63, 3.8) is 0 Å². The number of amides is 2. The molecule has 2 aromatic rings. The van der Waals surface area contributed by atoms with Crippen LogP contribution >= 0.6 is 0 Å². The predicted octanol–water partition coefficient (Wildman–Crippen LogP) is 3.96. The largest absolute Gasteiger partial charge is 0.274 e. The first kappa shape index (κ1) is 16.9. The molecule has 4 aliphatic rings. The van der Waals surface area contributed by atoms with E-state index < -0.39 is 4.92 Å². The molecule has 2 amide bonds. The molecule has 28 heavy (non-hydrogen) atoms. The van der Waals surface area contributed by atoms with Gasteiger partial charge in [0.05, 0.1) is 22.4 Å². The molecule has 6 nitrogen and oxygen atoms in total. The third-order valence-electron chi connectivity index (χ3n) is 6.30. The Bertz CT molecular complexity index is 978. The zero-order chi connectivity index (χ0) is 19.4. The minimum atomic E-state index is -0.432. The topological polar surface area (TPSA) is 80.5 Å². The van der Waals surface area contributed by atoms with Gasteiger partial charge in [0, 0.05) is 12.1 Å². The van der Waals surface area contributed by atoms with Crippen LogP contribution < -0.4 is 4.90 Å². The van der Waals surface area contributed by atoms with E-state index in [1.54, 1.807) is 24.3 Å². The molecule has 1 saturated carbocycles. The minimum absolute atomic E-state index is 0.0412. The summed E-state index contributed by atoms with van der Waals surface area (Å²) in [6.45, 7) is 0.